The Hall–Kier alpha value is -1.86. The van der Waals surface area contributed by atoms with Gasteiger partial charge in [0.2, 0.25) is 5.91 Å². The van der Waals surface area contributed by atoms with Gasteiger partial charge >= 0.3 is 6.18 Å². The lowest BCUT2D eigenvalue weighted by molar-refractivity contribution is -0.190. The topological polar surface area (TPSA) is 23.6 Å². The summed E-state index contributed by atoms with van der Waals surface area (Å²) in [6.45, 7) is 1.15. The van der Waals surface area contributed by atoms with Crippen molar-refractivity contribution in [2.45, 2.75) is 31.5 Å². The molecule has 1 atom stereocenters. The first kappa shape index (κ1) is 19.9. The van der Waals surface area contributed by atoms with Gasteiger partial charge in [-0.05, 0) is 29.9 Å². The third-order valence-electron chi connectivity index (χ3n) is 4.85. The van der Waals surface area contributed by atoms with Crippen LogP contribution < -0.4 is 0 Å². The van der Waals surface area contributed by atoms with E-state index in [2.05, 4.69) is 6.07 Å². The fourth-order valence-electron chi connectivity index (χ4n) is 3.50. The number of rotatable bonds is 6. The van der Waals surface area contributed by atoms with E-state index in [-0.39, 0.29) is 24.6 Å². The molecule has 0 bridgehead atoms. The Balaban J connectivity index is 1.53. The predicted octanol–water partition coefficient (Wildman–Crippen LogP) is 4.52. The van der Waals surface area contributed by atoms with Gasteiger partial charge in [0.25, 0.3) is 0 Å². The van der Waals surface area contributed by atoms with Crippen LogP contribution in [0.1, 0.15) is 29.3 Å². The molecule has 0 radical (unpaired) electrons. The van der Waals surface area contributed by atoms with Gasteiger partial charge < -0.3 is 4.90 Å². The highest BCUT2D eigenvalue weighted by molar-refractivity contribution is 7.09. The fraction of sp³-hybridized carbons (Fsp3) is 0.450. The molecule has 1 aliphatic heterocycles. The van der Waals surface area contributed by atoms with Crippen LogP contribution in [0, 0.1) is 0 Å². The number of carbonyl (C=O) groups excluding carboxylic acids is 1. The first-order valence-electron chi connectivity index (χ1n) is 9.11. The predicted molar refractivity (Wildman–Crippen MR) is 101 cm³/mol. The maximum absolute atomic E-state index is 13.6. The summed E-state index contributed by atoms with van der Waals surface area (Å²) in [4.78, 5) is 16.7. The molecular weight excluding hydrogens is 373 g/mol. The Morgan fingerprint density at radius 1 is 1.04 bits per heavy atom. The molecule has 1 saturated heterocycles. The molecule has 2 heterocycles. The number of carbonyl (C=O) groups is 1. The maximum atomic E-state index is 13.6. The normalized spacial score (nSPS) is 17.1. The van der Waals surface area contributed by atoms with Gasteiger partial charge in [0, 0.05) is 37.5 Å². The largest absolute Gasteiger partial charge is 0.408 e. The van der Waals surface area contributed by atoms with E-state index in [0.717, 1.165) is 12.8 Å². The van der Waals surface area contributed by atoms with Crippen LogP contribution in [0.25, 0.3) is 0 Å². The fourth-order valence-corrected chi connectivity index (χ4v) is 4.25. The SMILES string of the molecule is O=C(CCCc1cccs1)N1CCN(C(c2ccccc2)C(F)(F)F)CC1. The summed E-state index contributed by atoms with van der Waals surface area (Å²) in [5.41, 5.74) is 0.251. The summed E-state index contributed by atoms with van der Waals surface area (Å²) in [6.07, 6.45) is -2.25. The van der Waals surface area contributed by atoms with Crippen molar-refractivity contribution in [2.75, 3.05) is 26.2 Å². The summed E-state index contributed by atoms with van der Waals surface area (Å²) in [5.74, 6) is 0.0366. The zero-order chi connectivity index (χ0) is 19.3. The van der Waals surface area contributed by atoms with E-state index in [1.807, 2.05) is 11.4 Å². The number of hydrogen-bond donors (Lipinski definition) is 0. The minimum Gasteiger partial charge on any atom is -0.340 e. The van der Waals surface area contributed by atoms with E-state index in [1.165, 1.54) is 21.9 Å². The second-order valence-electron chi connectivity index (χ2n) is 6.70. The van der Waals surface area contributed by atoms with Gasteiger partial charge in [-0.2, -0.15) is 13.2 Å². The summed E-state index contributed by atoms with van der Waals surface area (Å²) in [7, 11) is 0. The molecule has 1 amide bonds. The number of alkyl halides is 3. The molecule has 0 aliphatic carbocycles. The first-order chi connectivity index (χ1) is 12.9. The molecule has 1 fully saturated rings. The van der Waals surface area contributed by atoms with Crippen LogP contribution in [0.5, 0.6) is 0 Å². The lowest BCUT2D eigenvalue weighted by Crippen LogP contribution is -2.52. The highest BCUT2D eigenvalue weighted by atomic mass is 32.1. The van der Waals surface area contributed by atoms with Gasteiger partial charge in [-0.15, -0.1) is 11.3 Å². The van der Waals surface area contributed by atoms with Crippen molar-refractivity contribution in [3.05, 3.63) is 58.3 Å². The van der Waals surface area contributed by atoms with Gasteiger partial charge in [-0.1, -0.05) is 36.4 Å². The number of thiophene rings is 1. The van der Waals surface area contributed by atoms with Crippen molar-refractivity contribution >= 4 is 17.2 Å². The molecule has 3 rings (SSSR count). The van der Waals surface area contributed by atoms with E-state index < -0.39 is 12.2 Å². The standard InChI is InChI=1S/C20H23F3N2OS/c21-20(22,23)19(16-6-2-1-3-7-16)25-13-11-24(12-14-25)18(26)10-4-8-17-9-5-15-27-17/h1-3,5-7,9,15,19H,4,8,10-14H2. The molecule has 0 spiro atoms. The van der Waals surface area contributed by atoms with Crippen molar-refractivity contribution in [3.63, 3.8) is 0 Å². The number of benzene rings is 1. The molecule has 0 N–H and O–H groups in total. The Morgan fingerprint density at radius 2 is 1.74 bits per heavy atom. The van der Waals surface area contributed by atoms with Crippen LogP contribution in [0.4, 0.5) is 13.2 Å². The molecule has 1 unspecified atom stereocenters. The van der Waals surface area contributed by atoms with E-state index in [9.17, 15) is 18.0 Å². The second-order valence-corrected chi connectivity index (χ2v) is 7.74. The van der Waals surface area contributed by atoms with Gasteiger partial charge in [0.05, 0.1) is 0 Å². The molecule has 1 aliphatic rings. The number of hydrogen-bond acceptors (Lipinski definition) is 3. The van der Waals surface area contributed by atoms with Crippen LogP contribution in [0.2, 0.25) is 0 Å². The Morgan fingerprint density at radius 3 is 2.33 bits per heavy atom. The molecule has 1 aromatic carbocycles. The molecule has 7 heteroatoms. The van der Waals surface area contributed by atoms with Gasteiger partial charge in [0.15, 0.2) is 0 Å². The number of nitrogens with zero attached hydrogens (tertiary/aromatic N) is 2. The first-order valence-corrected chi connectivity index (χ1v) is 9.99. The average Bonchev–Trinajstić information content (AvgIpc) is 3.15. The van der Waals surface area contributed by atoms with Crippen molar-refractivity contribution in [3.8, 4) is 0 Å². The van der Waals surface area contributed by atoms with Crippen molar-refractivity contribution < 1.29 is 18.0 Å². The van der Waals surface area contributed by atoms with Crippen LogP contribution >= 0.6 is 11.3 Å². The smallest absolute Gasteiger partial charge is 0.340 e. The zero-order valence-electron chi connectivity index (χ0n) is 15.0. The third kappa shape index (κ3) is 5.32. The van der Waals surface area contributed by atoms with Gasteiger partial charge in [-0.25, -0.2) is 0 Å². The Bertz CT molecular complexity index is 711. The van der Waals surface area contributed by atoms with Crippen molar-refractivity contribution in [2.24, 2.45) is 0 Å². The lowest BCUT2D eigenvalue weighted by Gasteiger charge is -2.40. The quantitative estimate of drug-likeness (QED) is 0.717. The maximum Gasteiger partial charge on any atom is 0.408 e. The Kier molecular flexibility index (Phi) is 6.55. The van der Waals surface area contributed by atoms with E-state index in [0.29, 0.717) is 19.5 Å². The monoisotopic (exact) mass is 396 g/mol. The molecule has 146 valence electrons. The number of piperazine rings is 1. The van der Waals surface area contributed by atoms with E-state index >= 15 is 0 Å². The van der Waals surface area contributed by atoms with Gasteiger partial charge in [-0.3, -0.25) is 9.69 Å². The minimum atomic E-state index is -4.34. The highest BCUT2D eigenvalue weighted by Crippen LogP contribution is 2.38. The van der Waals surface area contributed by atoms with Crippen molar-refractivity contribution in [1.82, 2.24) is 9.80 Å². The average molecular weight is 396 g/mol. The molecule has 1 aromatic heterocycles. The van der Waals surface area contributed by atoms with Crippen LogP contribution in [0.3, 0.4) is 0 Å². The van der Waals surface area contributed by atoms with Crippen molar-refractivity contribution in [1.29, 1.82) is 0 Å². The van der Waals surface area contributed by atoms with Crippen LogP contribution in [-0.2, 0) is 11.2 Å². The summed E-state index contributed by atoms with van der Waals surface area (Å²) < 4.78 is 40.9. The number of aryl methyl sites for hydroxylation is 1. The lowest BCUT2D eigenvalue weighted by atomic mass is 10.0. The second kappa shape index (κ2) is 8.89. The number of amides is 1. The van der Waals surface area contributed by atoms with Crippen LogP contribution in [0.15, 0.2) is 47.8 Å². The van der Waals surface area contributed by atoms with E-state index in [1.54, 1.807) is 34.4 Å². The minimum absolute atomic E-state index is 0.0366. The summed E-state index contributed by atoms with van der Waals surface area (Å²) >= 11 is 1.68. The highest BCUT2D eigenvalue weighted by Gasteiger charge is 2.45. The molecule has 27 heavy (non-hydrogen) atoms. The third-order valence-corrected chi connectivity index (χ3v) is 5.79. The molecule has 0 saturated carbocycles. The summed E-state index contributed by atoms with van der Waals surface area (Å²) in [6, 6.07) is 10.4. The Labute approximate surface area is 161 Å². The summed E-state index contributed by atoms with van der Waals surface area (Å²) in [5, 5.41) is 2.01. The van der Waals surface area contributed by atoms with E-state index in [4.69, 9.17) is 0 Å². The zero-order valence-corrected chi connectivity index (χ0v) is 15.8. The van der Waals surface area contributed by atoms with Crippen LogP contribution in [-0.4, -0.2) is 48.1 Å². The van der Waals surface area contributed by atoms with Gasteiger partial charge in [0.1, 0.15) is 6.04 Å². The molecule has 2 aromatic rings. The number of halogens is 3. The molecular formula is C20H23F3N2OS. The molecule has 3 nitrogen and oxygen atoms in total.